The Labute approximate surface area is 86.3 Å². The van der Waals surface area contributed by atoms with Gasteiger partial charge < -0.3 is 15.5 Å². The molecule has 0 aliphatic heterocycles. The minimum atomic E-state index is -0.408. The molecule has 0 bridgehead atoms. The molecule has 1 heterocycles. The van der Waals surface area contributed by atoms with Crippen LogP contribution >= 0.6 is 0 Å². The standard InChI is InChI=1S/C10H12FN3O/c1-6(12)5-13-10-14-8-4-2-3-7(11)9(8)15-10/h2-4,6H,5,12H2,1H3,(H,13,14). The van der Waals surface area contributed by atoms with Crippen LogP contribution in [-0.2, 0) is 0 Å². The number of benzene rings is 1. The minimum absolute atomic E-state index is 0.00939. The molecule has 1 atom stereocenters. The van der Waals surface area contributed by atoms with Crippen LogP contribution in [0.15, 0.2) is 22.6 Å². The molecule has 0 aliphatic rings. The summed E-state index contributed by atoms with van der Waals surface area (Å²) in [4.78, 5) is 4.07. The quantitative estimate of drug-likeness (QED) is 0.808. The molecule has 3 N–H and O–H groups in total. The van der Waals surface area contributed by atoms with Crippen molar-refractivity contribution in [1.29, 1.82) is 0 Å². The fourth-order valence-electron chi connectivity index (χ4n) is 1.24. The zero-order valence-electron chi connectivity index (χ0n) is 8.33. The van der Waals surface area contributed by atoms with E-state index in [1.807, 2.05) is 6.92 Å². The topological polar surface area (TPSA) is 64.1 Å². The van der Waals surface area contributed by atoms with E-state index in [0.717, 1.165) is 0 Å². The van der Waals surface area contributed by atoms with Gasteiger partial charge in [0.1, 0.15) is 5.52 Å². The third kappa shape index (κ3) is 2.07. The van der Waals surface area contributed by atoms with E-state index in [9.17, 15) is 4.39 Å². The fraction of sp³-hybridized carbons (Fsp3) is 0.300. The Morgan fingerprint density at radius 3 is 3.07 bits per heavy atom. The van der Waals surface area contributed by atoms with Crippen LogP contribution < -0.4 is 11.1 Å². The average molecular weight is 209 g/mol. The van der Waals surface area contributed by atoms with Crippen LogP contribution in [0.4, 0.5) is 10.4 Å². The Balaban J connectivity index is 2.27. The molecule has 0 fully saturated rings. The summed E-state index contributed by atoms with van der Waals surface area (Å²) in [5.41, 5.74) is 6.23. The van der Waals surface area contributed by atoms with Gasteiger partial charge in [-0.2, -0.15) is 4.98 Å². The highest BCUT2D eigenvalue weighted by Crippen LogP contribution is 2.21. The first-order valence-corrected chi connectivity index (χ1v) is 4.71. The van der Waals surface area contributed by atoms with Crippen molar-refractivity contribution in [1.82, 2.24) is 4.98 Å². The van der Waals surface area contributed by atoms with Crippen LogP contribution in [0.3, 0.4) is 0 Å². The number of aromatic nitrogens is 1. The number of para-hydroxylation sites is 1. The summed E-state index contributed by atoms with van der Waals surface area (Å²) in [5.74, 6) is -0.408. The molecular formula is C10H12FN3O. The number of nitrogens with one attached hydrogen (secondary N) is 1. The molecule has 0 radical (unpaired) electrons. The predicted molar refractivity (Wildman–Crippen MR) is 56.1 cm³/mol. The second-order valence-corrected chi connectivity index (χ2v) is 3.47. The van der Waals surface area contributed by atoms with Crippen LogP contribution in [0.5, 0.6) is 0 Å². The van der Waals surface area contributed by atoms with E-state index in [4.69, 9.17) is 10.2 Å². The van der Waals surface area contributed by atoms with E-state index >= 15 is 0 Å². The molecule has 2 rings (SSSR count). The summed E-state index contributed by atoms with van der Waals surface area (Å²) < 4.78 is 18.4. The smallest absolute Gasteiger partial charge is 0.295 e. The first-order chi connectivity index (χ1) is 7.16. The number of hydrogen-bond donors (Lipinski definition) is 2. The summed E-state index contributed by atoms with van der Waals surface area (Å²) in [6.45, 7) is 2.39. The number of oxazole rings is 1. The van der Waals surface area contributed by atoms with Crippen LogP contribution in [0.2, 0.25) is 0 Å². The number of nitrogens with zero attached hydrogens (tertiary/aromatic N) is 1. The van der Waals surface area contributed by atoms with Gasteiger partial charge in [0.2, 0.25) is 0 Å². The molecule has 0 amide bonds. The zero-order valence-corrected chi connectivity index (χ0v) is 8.33. The summed E-state index contributed by atoms with van der Waals surface area (Å²) in [7, 11) is 0. The van der Waals surface area contributed by atoms with Crippen molar-refractivity contribution in [2.24, 2.45) is 5.73 Å². The van der Waals surface area contributed by atoms with Crippen molar-refractivity contribution in [3.63, 3.8) is 0 Å². The number of nitrogens with two attached hydrogens (primary N) is 1. The van der Waals surface area contributed by atoms with Gasteiger partial charge in [-0.3, -0.25) is 0 Å². The molecule has 0 saturated carbocycles. The van der Waals surface area contributed by atoms with Crippen molar-refractivity contribution in [2.45, 2.75) is 13.0 Å². The van der Waals surface area contributed by atoms with Gasteiger partial charge in [0.15, 0.2) is 11.4 Å². The van der Waals surface area contributed by atoms with Crippen LogP contribution in [0.25, 0.3) is 11.1 Å². The Morgan fingerprint density at radius 1 is 1.60 bits per heavy atom. The second-order valence-electron chi connectivity index (χ2n) is 3.47. The Bertz CT molecular complexity index is 467. The molecule has 1 aromatic carbocycles. The molecule has 0 spiro atoms. The monoisotopic (exact) mass is 209 g/mol. The maximum absolute atomic E-state index is 13.2. The van der Waals surface area contributed by atoms with E-state index in [-0.39, 0.29) is 11.6 Å². The molecule has 5 heteroatoms. The first kappa shape index (κ1) is 9.92. The van der Waals surface area contributed by atoms with Gasteiger partial charge in [0.25, 0.3) is 6.01 Å². The highest BCUT2D eigenvalue weighted by molar-refractivity contribution is 5.74. The molecule has 4 nitrogen and oxygen atoms in total. The van der Waals surface area contributed by atoms with E-state index in [1.165, 1.54) is 6.07 Å². The average Bonchev–Trinajstić information content (AvgIpc) is 2.59. The highest BCUT2D eigenvalue weighted by atomic mass is 19.1. The lowest BCUT2D eigenvalue weighted by molar-refractivity contribution is 0.560. The van der Waals surface area contributed by atoms with E-state index in [2.05, 4.69) is 10.3 Å². The van der Waals surface area contributed by atoms with Gasteiger partial charge in [0, 0.05) is 12.6 Å². The SMILES string of the molecule is CC(N)CNc1nc2cccc(F)c2o1. The maximum Gasteiger partial charge on any atom is 0.295 e. The second kappa shape index (κ2) is 3.86. The number of fused-ring (bicyclic) bond motifs is 1. The number of rotatable bonds is 3. The third-order valence-corrected chi connectivity index (χ3v) is 1.94. The van der Waals surface area contributed by atoms with Gasteiger partial charge in [-0.1, -0.05) is 6.07 Å². The van der Waals surface area contributed by atoms with Crippen molar-refractivity contribution < 1.29 is 8.81 Å². The van der Waals surface area contributed by atoms with E-state index in [0.29, 0.717) is 18.1 Å². The molecule has 2 aromatic rings. The first-order valence-electron chi connectivity index (χ1n) is 4.71. The molecule has 1 unspecified atom stereocenters. The lowest BCUT2D eigenvalue weighted by Gasteiger charge is -2.03. The van der Waals surface area contributed by atoms with Crippen molar-refractivity contribution in [3.8, 4) is 0 Å². The fourth-order valence-corrected chi connectivity index (χ4v) is 1.24. The van der Waals surface area contributed by atoms with Crippen LogP contribution in [-0.4, -0.2) is 17.6 Å². The molecular weight excluding hydrogens is 197 g/mol. The molecule has 0 saturated heterocycles. The Morgan fingerprint density at radius 2 is 2.40 bits per heavy atom. The molecule has 80 valence electrons. The van der Waals surface area contributed by atoms with Gasteiger partial charge in [-0.15, -0.1) is 0 Å². The van der Waals surface area contributed by atoms with Gasteiger partial charge >= 0.3 is 0 Å². The minimum Gasteiger partial charge on any atom is -0.420 e. The number of halogens is 1. The van der Waals surface area contributed by atoms with Crippen molar-refractivity contribution in [2.75, 3.05) is 11.9 Å². The van der Waals surface area contributed by atoms with Gasteiger partial charge in [0.05, 0.1) is 0 Å². The summed E-state index contributed by atoms with van der Waals surface area (Å²) in [6, 6.07) is 4.91. The van der Waals surface area contributed by atoms with Gasteiger partial charge in [-0.05, 0) is 19.1 Å². The Hall–Kier alpha value is -1.62. The van der Waals surface area contributed by atoms with Crippen LogP contribution in [0, 0.1) is 5.82 Å². The van der Waals surface area contributed by atoms with Gasteiger partial charge in [-0.25, -0.2) is 4.39 Å². The number of anilines is 1. The number of hydrogen-bond acceptors (Lipinski definition) is 4. The molecule has 15 heavy (non-hydrogen) atoms. The largest absolute Gasteiger partial charge is 0.420 e. The summed E-state index contributed by atoms with van der Waals surface area (Å²) in [6.07, 6.45) is 0. The summed E-state index contributed by atoms with van der Waals surface area (Å²) >= 11 is 0. The normalized spacial score (nSPS) is 13.0. The van der Waals surface area contributed by atoms with Crippen molar-refractivity contribution >= 4 is 17.1 Å². The van der Waals surface area contributed by atoms with Crippen LogP contribution in [0.1, 0.15) is 6.92 Å². The third-order valence-electron chi connectivity index (χ3n) is 1.94. The molecule has 1 aromatic heterocycles. The zero-order chi connectivity index (χ0) is 10.8. The van der Waals surface area contributed by atoms with Crippen molar-refractivity contribution in [3.05, 3.63) is 24.0 Å². The Kier molecular flexibility index (Phi) is 2.55. The molecule has 0 aliphatic carbocycles. The predicted octanol–water partition coefficient (Wildman–Crippen LogP) is 1.73. The van der Waals surface area contributed by atoms with E-state index < -0.39 is 5.82 Å². The lowest BCUT2D eigenvalue weighted by atomic mass is 10.3. The van der Waals surface area contributed by atoms with E-state index in [1.54, 1.807) is 12.1 Å². The lowest BCUT2D eigenvalue weighted by Crippen LogP contribution is -2.25. The maximum atomic E-state index is 13.2. The summed E-state index contributed by atoms with van der Waals surface area (Å²) in [5, 5.41) is 2.89. The highest BCUT2D eigenvalue weighted by Gasteiger charge is 2.09.